The summed E-state index contributed by atoms with van der Waals surface area (Å²) in [5.74, 6) is -0.0440. The summed E-state index contributed by atoms with van der Waals surface area (Å²) in [5, 5.41) is 3.66. The van der Waals surface area contributed by atoms with Crippen LogP contribution in [0.15, 0.2) is 33.2 Å². The molecule has 0 aromatic carbocycles. The summed E-state index contributed by atoms with van der Waals surface area (Å²) in [7, 11) is -3.51. The zero-order valence-corrected chi connectivity index (χ0v) is 14.6. The van der Waals surface area contributed by atoms with E-state index in [1.54, 1.807) is 22.4 Å². The van der Waals surface area contributed by atoms with E-state index in [-0.39, 0.29) is 10.1 Å². The van der Waals surface area contributed by atoms with Gasteiger partial charge in [-0.1, -0.05) is 11.6 Å². The normalized spacial score (nSPS) is 16.9. The molecular weight excluding hydrogens is 364 g/mol. The Morgan fingerprint density at radius 2 is 1.86 bits per heavy atom. The van der Waals surface area contributed by atoms with Crippen LogP contribution in [-0.2, 0) is 10.0 Å². The Bertz CT molecular complexity index is 762. The largest absolute Gasteiger partial charge is 0.336 e. The molecule has 2 aromatic rings. The lowest BCUT2D eigenvalue weighted by atomic mass is 10.2. The Labute approximate surface area is 141 Å². The molecule has 0 atom stereocenters. The maximum atomic E-state index is 12.5. The standard InChI is InChI=1S/C13H13ClN2O3S3/c14-11-1-2-12(21-11)22(18,19)16-6-4-15(5-7-16)13(17)10-3-8-20-9-10/h1-3,8-9H,4-7H2. The minimum atomic E-state index is -3.51. The van der Waals surface area contributed by atoms with E-state index in [1.807, 2.05) is 5.38 Å². The summed E-state index contributed by atoms with van der Waals surface area (Å²) >= 11 is 8.33. The molecule has 0 aliphatic carbocycles. The summed E-state index contributed by atoms with van der Waals surface area (Å²) in [6, 6.07) is 4.88. The van der Waals surface area contributed by atoms with Crippen molar-refractivity contribution in [3.63, 3.8) is 0 Å². The van der Waals surface area contributed by atoms with Crippen LogP contribution >= 0.6 is 34.3 Å². The molecule has 1 amide bonds. The summed E-state index contributed by atoms with van der Waals surface area (Å²) in [6.45, 7) is 1.39. The molecule has 1 saturated heterocycles. The van der Waals surface area contributed by atoms with E-state index in [0.29, 0.717) is 36.1 Å². The molecule has 3 heterocycles. The third kappa shape index (κ3) is 3.07. The Morgan fingerprint density at radius 3 is 2.41 bits per heavy atom. The first-order chi connectivity index (χ1) is 10.5. The number of hydrogen-bond donors (Lipinski definition) is 0. The van der Waals surface area contributed by atoms with Crippen LogP contribution in [0.1, 0.15) is 10.4 Å². The van der Waals surface area contributed by atoms with Crippen LogP contribution in [0.3, 0.4) is 0 Å². The fourth-order valence-electron chi connectivity index (χ4n) is 2.26. The number of hydrogen-bond acceptors (Lipinski definition) is 5. The highest BCUT2D eigenvalue weighted by molar-refractivity contribution is 7.91. The highest BCUT2D eigenvalue weighted by Crippen LogP contribution is 2.28. The lowest BCUT2D eigenvalue weighted by molar-refractivity contribution is 0.0698. The number of rotatable bonds is 3. The zero-order chi connectivity index (χ0) is 15.7. The first-order valence-corrected chi connectivity index (χ1v) is 10.1. The van der Waals surface area contributed by atoms with Crippen molar-refractivity contribution in [1.82, 2.24) is 9.21 Å². The molecule has 0 spiro atoms. The third-order valence-electron chi connectivity index (χ3n) is 3.44. The zero-order valence-electron chi connectivity index (χ0n) is 11.4. The molecule has 3 rings (SSSR count). The van der Waals surface area contributed by atoms with Gasteiger partial charge in [0.05, 0.1) is 9.90 Å². The SMILES string of the molecule is O=C(c1ccsc1)N1CCN(S(=O)(=O)c2ccc(Cl)s2)CC1. The molecule has 22 heavy (non-hydrogen) atoms. The molecule has 9 heteroatoms. The number of amides is 1. The maximum absolute atomic E-state index is 12.5. The molecule has 5 nitrogen and oxygen atoms in total. The summed E-state index contributed by atoms with van der Waals surface area (Å²) in [5.41, 5.74) is 0.659. The van der Waals surface area contributed by atoms with Crippen molar-refractivity contribution in [2.45, 2.75) is 4.21 Å². The maximum Gasteiger partial charge on any atom is 0.254 e. The smallest absolute Gasteiger partial charge is 0.254 e. The van der Waals surface area contributed by atoms with Crippen molar-refractivity contribution in [3.05, 3.63) is 38.9 Å². The predicted molar refractivity (Wildman–Crippen MR) is 88.3 cm³/mol. The molecule has 0 radical (unpaired) electrons. The first-order valence-electron chi connectivity index (χ1n) is 6.55. The van der Waals surface area contributed by atoms with Gasteiger partial charge in [0, 0.05) is 31.6 Å². The van der Waals surface area contributed by atoms with E-state index in [9.17, 15) is 13.2 Å². The van der Waals surface area contributed by atoms with Crippen LogP contribution in [0.25, 0.3) is 0 Å². The third-order valence-corrected chi connectivity index (χ3v) is 7.72. The Hall–Kier alpha value is -0.930. The second-order valence-electron chi connectivity index (χ2n) is 4.77. The Kier molecular flexibility index (Phi) is 4.56. The van der Waals surface area contributed by atoms with E-state index >= 15 is 0 Å². The molecule has 0 unspecified atom stereocenters. The number of thiophene rings is 2. The van der Waals surface area contributed by atoms with Crippen molar-refractivity contribution in [2.75, 3.05) is 26.2 Å². The van der Waals surface area contributed by atoms with Crippen molar-refractivity contribution >= 4 is 50.2 Å². The Balaban J connectivity index is 1.68. The Morgan fingerprint density at radius 1 is 1.14 bits per heavy atom. The molecule has 118 valence electrons. The van der Waals surface area contributed by atoms with Crippen LogP contribution in [-0.4, -0.2) is 49.7 Å². The molecule has 1 aliphatic heterocycles. The molecule has 0 N–H and O–H groups in total. The molecular formula is C13H13ClN2O3S3. The lowest BCUT2D eigenvalue weighted by Gasteiger charge is -2.33. The number of nitrogens with zero attached hydrogens (tertiary/aromatic N) is 2. The van der Waals surface area contributed by atoms with E-state index < -0.39 is 10.0 Å². The van der Waals surface area contributed by atoms with Crippen LogP contribution in [0.2, 0.25) is 4.34 Å². The number of carbonyl (C=O) groups is 1. The topological polar surface area (TPSA) is 57.7 Å². The van der Waals surface area contributed by atoms with E-state index in [4.69, 9.17) is 11.6 Å². The van der Waals surface area contributed by atoms with Gasteiger partial charge in [0.1, 0.15) is 4.21 Å². The van der Waals surface area contributed by atoms with Crippen LogP contribution in [0.4, 0.5) is 0 Å². The lowest BCUT2D eigenvalue weighted by Crippen LogP contribution is -2.50. The van der Waals surface area contributed by atoms with Gasteiger partial charge >= 0.3 is 0 Å². The van der Waals surface area contributed by atoms with Gasteiger partial charge in [0.25, 0.3) is 15.9 Å². The molecule has 2 aromatic heterocycles. The highest BCUT2D eigenvalue weighted by Gasteiger charge is 2.31. The average Bonchev–Trinajstić information content (AvgIpc) is 3.18. The minimum absolute atomic E-state index is 0.0440. The fraction of sp³-hybridized carbons (Fsp3) is 0.308. The number of halogens is 1. The number of sulfonamides is 1. The van der Waals surface area contributed by atoms with Crippen LogP contribution < -0.4 is 0 Å². The predicted octanol–water partition coefficient (Wildman–Crippen LogP) is 2.61. The summed E-state index contributed by atoms with van der Waals surface area (Å²) in [4.78, 5) is 13.9. The summed E-state index contributed by atoms with van der Waals surface area (Å²) in [6.07, 6.45) is 0. The summed E-state index contributed by atoms with van der Waals surface area (Å²) < 4.78 is 27.1. The number of carbonyl (C=O) groups excluding carboxylic acids is 1. The second kappa shape index (κ2) is 6.29. The van der Waals surface area contributed by atoms with Gasteiger partial charge in [-0.2, -0.15) is 15.6 Å². The molecule has 1 fully saturated rings. The fourth-order valence-corrected chi connectivity index (χ4v) is 5.95. The minimum Gasteiger partial charge on any atom is -0.336 e. The van der Waals surface area contributed by atoms with Gasteiger partial charge in [0.15, 0.2) is 0 Å². The van der Waals surface area contributed by atoms with Gasteiger partial charge in [-0.05, 0) is 23.6 Å². The van der Waals surface area contributed by atoms with E-state index in [0.717, 1.165) is 11.3 Å². The molecule has 1 aliphatic rings. The van der Waals surface area contributed by atoms with Crippen molar-refractivity contribution < 1.29 is 13.2 Å². The van der Waals surface area contributed by atoms with Gasteiger partial charge in [-0.25, -0.2) is 8.42 Å². The quantitative estimate of drug-likeness (QED) is 0.827. The van der Waals surface area contributed by atoms with Gasteiger partial charge in [-0.3, -0.25) is 4.79 Å². The second-order valence-corrected chi connectivity index (χ2v) is 9.43. The molecule has 0 bridgehead atoms. The van der Waals surface area contributed by atoms with Crippen molar-refractivity contribution in [3.8, 4) is 0 Å². The van der Waals surface area contributed by atoms with E-state index in [1.165, 1.54) is 21.7 Å². The van der Waals surface area contributed by atoms with Crippen molar-refractivity contribution in [2.24, 2.45) is 0 Å². The van der Waals surface area contributed by atoms with Crippen LogP contribution in [0.5, 0.6) is 0 Å². The number of piperazine rings is 1. The monoisotopic (exact) mass is 376 g/mol. The van der Waals surface area contributed by atoms with Gasteiger partial charge in [-0.15, -0.1) is 11.3 Å². The van der Waals surface area contributed by atoms with Gasteiger partial charge < -0.3 is 4.90 Å². The van der Waals surface area contributed by atoms with E-state index in [2.05, 4.69) is 0 Å². The van der Waals surface area contributed by atoms with Crippen molar-refractivity contribution in [1.29, 1.82) is 0 Å². The first kappa shape index (κ1) is 15.9. The molecule has 0 saturated carbocycles. The van der Waals surface area contributed by atoms with Gasteiger partial charge in [0.2, 0.25) is 0 Å². The highest BCUT2D eigenvalue weighted by atomic mass is 35.5. The average molecular weight is 377 g/mol. The van der Waals surface area contributed by atoms with Crippen LogP contribution in [0, 0.1) is 0 Å².